The lowest BCUT2D eigenvalue weighted by Gasteiger charge is -2.11. The van der Waals surface area contributed by atoms with Crippen LogP contribution in [-0.4, -0.2) is 21.5 Å². The first-order valence-corrected chi connectivity index (χ1v) is 9.52. The predicted molar refractivity (Wildman–Crippen MR) is 115 cm³/mol. The summed E-state index contributed by atoms with van der Waals surface area (Å²) in [6, 6.07) is 22.6. The van der Waals surface area contributed by atoms with Gasteiger partial charge in [-0.2, -0.15) is 0 Å². The smallest absolute Gasteiger partial charge is 0.136 e. The van der Waals surface area contributed by atoms with Crippen molar-refractivity contribution in [2.75, 3.05) is 17.2 Å². The van der Waals surface area contributed by atoms with Gasteiger partial charge in [-0.3, -0.25) is 4.98 Å². The number of aryl methyl sites for hydroxylation is 2. The van der Waals surface area contributed by atoms with E-state index in [0.29, 0.717) is 0 Å². The van der Waals surface area contributed by atoms with Crippen LogP contribution in [0.4, 0.5) is 17.3 Å². The highest BCUT2D eigenvalue weighted by Crippen LogP contribution is 2.24. The van der Waals surface area contributed by atoms with Crippen LogP contribution in [0.1, 0.15) is 17.8 Å². The summed E-state index contributed by atoms with van der Waals surface area (Å²) in [5, 5.41) is 7.90. The monoisotopic (exact) mass is 369 g/mol. The number of hydrogen-bond donors (Lipinski definition) is 2. The summed E-state index contributed by atoms with van der Waals surface area (Å²) >= 11 is 0. The molecule has 0 amide bonds. The second kappa shape index (κ2) is 8.48. The largest absolute Gasteiger partial charge is 0.370 e. The molecular weight excluding hydrogens is 346 g/mol. The second-order valence-corrected chi connectivity index (χ2v) is 6.71. The van der Waals surface area contributed by atoms with Gasteiger partial charge in [-0.1, -0.05) is 48.5 Å². The number of para-hydroxylation sites is 1. The van der Waals surface area contributed by atoms with Crippen molar-refractivity contribution < 1.29 is 0 Å². The molecule has 2 N–H and O–H groups in total. The van der Waals surface area contributed by atoms with Crippen LogP contribution in [0.15, 0.2) is 72.9 Å². The molecule has 2 aromatic heterocycles. The van der Waals surface area contributed by atoms with E-state index in [4.69, 9.17) is 0 Å². The Bertz CT molecular complexity index is 1060. The molecule has 0 aliphatic carbocycles. The van der Waals surface area contributed by atoms with E-state index in [9.17, 15) is 0 Å². The Balaban J connectivity index is 1.43. The molecule has 0 aliphatic heterocycles. The van der Waals surface area contributed by atoms with Gasteiger partial charge in [-0.25, -0.2) is 9.97 Å². The lowest BCUT2D eigenvalue weighted by Crippen LogP contribution is -2.07. The molecule has 4 aromatic rings. The fourth-order valence-corrected chi connectivity index (χ4v) is 3.22. The summed E-state index contributed by atoms with van der Waals surface area (Å²) in [7, 11) is 0. The zero-order chi connectivity index (χ0) is 19.2. The van der Waals surface area contributed by atoms with Gasteiger partial charge in [-0.15, -0.1) is 0 Å². The van der Waals surface area contributed by atoms with Crippen molar-refractivity contribution in [1.29, 1.82) is 0 Å². The second-order valence-electron chi connectivity index (χ2n) is 6.71. The first-order valence-electron chi connectivity index (χ1n) is 9.52. The molecule has 0 atom stereocenters. The van der Waals surface area contributed by atoms with Crippen molar-refractivity contribution in [2.45, 2.75) is 19.8 Å². The summed E-state index contributed by atoms with van der Waals surface area (Å²) in [5.41, 5.74) is 3.22. The maximum Gasteiger partial charge on any atom is 0.136 e. The Morgan fingerprint density at radius 2 is 1.68 bits per heavy atom. The van der Waals surface area contributed by atoms with Gasteiger partial charge in [0.15, 0.2) is 0 Å². The van der Waals surface area contributed by atoms with E-state index in [2.05, 4.69) is 62.0 Å². The number of rotatable bonds is 7. The quantitative estimate of drug-likeness (QED) is 0.443. The van der Waals surface area contributed by atoms with Crippen molar-refractivity contribution >= 4 is 28.2 Å². The zero-order valence-corrected chi connectivity index (χ0v) is 15.9. The predicted octanol–water partition coefficient (Wildman–Crippen LogP) is 5.12. The Hall–Kier alpha value is -3.47. The maximum atomic E-state index is 4.52. The maximum absolute atomic E-state index is 4.52. The van der Waals surface area contributed by atoms with Crippen molar-refractivity contribution in [3.63, 3.8) is 0 Å². The van der Waals surface area contributed by atoms with Gasteiger partial charge >= 0.3 is 0 Å². The Kier molecular flexibility index (Phi) is 5.43. The number of pyridine rings is 1. The van der Waals surface area contributed by atoms with E-state index in [1.807, 2.05) is 37.3 Å². The van der Waals surface area contributed by atoms with Gasteiger partial charge in [0.1, 0.15) is 17.5 Å². The first-order chi connectivity index (χ1) is 13.8. The van der Waals surface area contributed by atoms with Crippen molar-refractivity contribution in [3.8, 4) is 0 Å². The van der Waals surface area contributed by atoms with Crippen LogP contribution >= 0.6 is 0 Å². The molecule has 0 bridgehead atoms. The standard InChI is InChI=1S/C23H23N5/c1-17-26-21(24-14-6-10-18-8-3-2-4-9-18)16-22(27-17)28-20-13-5-11-19-12-7-15-25-23(19)20/h2-5,7-9,11-13,15-16H,6,10,14H2,1H3,(H2,24,26,27,28). The van der Waals surface area contributed by atoms with Crippen LogP contribution in [-0.2, 0) is 6.42 Å². The minimum atomic E-state index is 0.726. The van der Waals surface area contributed by atoms with E-state index in [1.54, 1.807) is 6.20 Å². The number of nitrogens with zero attached hydrogens (tertiary/aromatic N) is 3. The molecule has 2 heterocycles. The van der Waals surface area contributed by atoms with Gasteiger partial charge in [0.05, 0.1) is 11.2 Å². The van der Waals surface area contributed by atoms with Gasteiger partial charge < -0.3 is 10.6 Å². The highest BCUT2D eigenvalue weighted by Gasteiger charge is 2.06. The Morgan fingerprint density at radius 1 is 0.857 bits per heavy atom. The van der Waals surface area contributed by atoms with Crippen LogP contribution in [0.5, 0.6) is 0 Å². The molecule has 0 saturated carbocycles. The summed E-state index contributed by atoms with van der Waals surface area (Å²) in [6.07, 6.45) is 3.90. The van der Waals surface area contributed by atoms with Crippen LogP contribution in [0.3, 0.4) is 0 Å². The minimum Gasteiger partial charge on any atom is -0.370 e. The van der Waals surface area contributed by atoms with E-state index in [0.717, 1.165) is 53.4 Å². The van der Waals surface area contributed by atoms with Gasteiger partial charge in [0.25, 0.3) is 0 Å². The average molecular weight is 369 g/mol. The molecule has 0 aliphatic rings. The average Bonchev–Trinajstić information content (AvgIpc) is 2.72. The summed E-state index contributed by atoms with van der Waals surface area (Å²) in [6.45, 7) is 2.77. The fourth-order valence-electron chi connectivity index (χ4n) is 3.22. The van der Waals surface area contributed by atoms with E-state index in [-0.39, 0.29) is 0 Å². The molecule has 0 spiro atoms. The SMILES string of the molecule is Cc1nc(NCCCc2ccccc2)cc(Nc2cccc3cccnc23)n1. The third kappa shape index (κ3) is 4.43. The third-order valence-corrected chi connectivity index (χ3v) is 4.52. The van der Waals surface area contributed by atoms with Crippen molar-refractivity contribution in [3.05, 3.63) is 84.3 Å². The van der Waals surface area contributed by atoms with Crippen molar-refractivity contribution in [1.82, 2.24) is 15.0 Å². The molecule has 0 unspecified atom stereocenters. The first kappa shape index (κ1) is 17.9. The molecular formula is C23H23N5. The number of hydrogen-bond acceptors (Lipinski definition) is 5. The van der Waals surface area contributed by atoms with Crippen LogP contribution in [0.25, 0.3) is 10.9 Å². The topological polar surface area (TPSA) is 62.7 Å². The minimum absolute atomic E-state index is 0.726. The van der Waals surface area contributed by atoms with Gasteiger partial charge in [0.2, 0.25) is 0 Å². The van der Waals surface area contributed by atoms with Crippen LogP contribution < -0.4 is 10.6 Å². The highest BCUT2D eigenvalue weighted by atomic mass is 15.1. The van der Waals surface area contributed by atoms with Crippen molar-refractivity contribution in [2.24, 2.45) is 0 Å². The number of anilines is 3. The number of benzene rings is 2. The van der Waals surface area contributed by atoms with Crippen LogP contribution in [0, 0.1) is 6.92 Å². The number of aromatic nitrogens is 3. The third-order valence-electron chi connectivity index (χ3n) is 4.52. The molecule has 5 nitrogen and oxygen atoms in total. The molecule has 2 aromatic carbocycles. The normalized spacial score (nSPS) is 10.8. The Morgan fingerprint density at radius 3 is 2.57 bits per heavy atom. The molecule has 28 heavy (non-hydrogen) atoms. The van der Waals surface area contributed by atoms with E-state index in [1.165, 1.54) is 5.56 Å². The van der Waals surface area contributed by atoms with E-state index < -0.39 is 0 Å². The molecule has 0 saturated heterocycles. The molecule has 0 radical (unpaired) electrons. The molecule has 0 fully saturated rings. The number of nitrogens with one attached hydrogen (secondary N) is 2. The van der Waals surface area contributed by atoms with Gasteiger partial charge in [0, 0.05) is 24.2 Å². The molecule has 4 rings (SSSR count). The summed E-state index contributed by atoms with van der Waals surface area (Å²) in [5.74, 6) is 2.32. The number of fused-ring (bicyclic) bond motifs is 1. The lowest BCUT2D eigenvalue weighted by atomic mass is 10.1. The van der Waals surface area contributed by atoms with Crippen LogP contribution in [0.2, 0.25) is 0 Å². The lowest BCUT2D eigenvalue weighted by molar-refractivity contribution is 0.856. The van der Waals surface area contributed by atoms with Gasteiger partial charge in [-0.05, 0) is 37.5 Å². The fraction of sp³-hybridized carbons (Fsp3) is 0.174. The summed E-state index contributed by atoms with van der Waals surface area (Å²) in [4.78, 5) is 13.5. The van der Waals surface area contributed by atoms with E-state index >= 15 is 0 Å². The Labute approximate surface area is 164 Å². The summed E-state index contributed by atoms with van der Waals surface area (Å²) < 4.78 is 0. The zero-order valence-electron chi connectivity index (χ0n) is 15.9. The molecule has 140 valence electrons. The highest BCUT2D eigenvalue weighted by molar-refractivity contribution is 5.91. The molecule has 5 heteroatoms.